The minimum absolute atomic E-state index is 0. The Balaban J connectivity index is 0.00000392. The Morgan fingerprint density at radius 2 is 1.89 bits per heavy atom. The van der Waals surface area contributed by atoms with E-state index in [2.05, 4.69) is 64.7 Å². The number of nitrogens with zero attached hydrogens (tertiary/aromatic N) is 2. The Hall–Kier alpha value is -0.860. The van der Waals surface area contributed by atoms with Crippen molar-refractivity contribution in [2.75, 3.05) is 19.6 Å². The highest BCUT2D eigenvalue weighted by atomic mass is 127. The number of piperidine rings is 1. The van der Waals surface area contributed by atoms with Gasteiger partial charge in [0.15, 0.2) is 5.96 Å². The molecule has 2 rings (SSSR count). The summed E-state index contributed by atoms with van der Waals surface area (Å²) in [6.45, 7) is 11.8. The van der Waals surface area contributed by atoms with E-state index in [1.54, 1.807) is 0 Å². The fourth-order valence-electron chi connectivity index (χ4n) is 3.62. The number of benzene rings is 1. The highest BCUT2D eigenvalue weighted by Crippen LogP contribution is 2.20. The first kappa shape index (κ1) is 25.2. The quantitative estimate of drug-likeness (QED) is 0.288. The number of hydrogen-bond acceptors (Lipinski definition) is 3. The molecule has 0 spiro atoms. The lowest BCUT2D eigenvalue weighted by molar-refractivity contribution is 0.0417. The molecule has 1 aliphatic heterocycles. The van der Waals surface area contributed by atoms with Crippen molar-refractivity contribution < 1.29 is 5.11 Å². The van der Waals surface area contributed by atoms with Gasteiger partial charge in [-0.2, -0.15) is 0 Å². The number of likely N-dealkylation sites (tertiary alicyclic amines) is 1. The molecule has 1 aliphatic rings. The standard InChI is InChI=1S/C22H38N4O.HI/c1-5-22(27,6-2)17-24-21(23-7-3)25-20-13-14-26(18(4)15-20)16-19-11-9-8-10-12-19;/h8-12,18,20,27H,5-7,13-17H2,1-4H3,(H2,23,24,25);1H. The molecule has 0 aromatic heterocycles. The Morgan fingerprint density at radius 1 is 1.21 bits per heavy atom. The summed E-state index contributed by atoms with van der Waals surface area (Å²) in [5.74, 6) is 0.825. The van der Waals surface area contributed by atoms with E-state index < -0.39 is 5.60 Å². The van der Waals surface area contributed by atoms with E-state index in [4.69, 9.17) is 0 Å². The fourth-order valence-corrected chi connectivity index (χ4v) is 3.62. The molecular formula is C22H39IN4O. The van der Waals surface area contributed by atoms with E-state index in [1.165, 1.54) is 5.56 Å². The molecule has 2 atom stereocenters. The van der Waals surface area contributed by atoms with Gasteiger partial charge in [0, 0.05) is 31.7 Å². The van der Waals surface area contributed by atoms with Crippen molar-refractivity contribution in [3.8, 4) is 0 Å². The van der Waals surface area contributed by atoms with Crippen molar-refractivity contribution in [3.05, 3.63) is 35.9 Å². The summed E-state index contributed by atoms with van der Waals surface area (Å²) < 4.78 is 0. The van der Waals surface area contributed by atoms with Crippen LogP contribution < -0.4 is 10.6 Å². The molecule has 0 bridgehead atoms. The SMILES string of the molecule is CCNC(=NCC(O)(CC)CC)NC1CCN(Cc2ccccc2)C(C)C1.I. The van der Waals surface area contributed by atoms with Crippen LogP contribution >= 0.6 is 24.0 Å². The summed E-state index contributed by atoms with van der Waals surface area (Å²) >= 11 is 0. The Bertz CT molecular complexity index is 577. The van der Waals surface area contributed by atoms with Crippen molar-refractivity contribution in [1.82, 2.24) is 15.5 Å². The minimum atomic E-state index is -0.700. The molecule has 6 heteroatoms. The summed E-state index contributed by atoms with van der Waals surface area (Å²) in [5.41, 5.74) is 0.679. The first-order chi connectivity index (χ1) is 13.0. The molecule has 28 heavy (non-hydrogen) atoms. The maximum Gasteiger partial charge on any atom is 0.191 e. The van der Waals surface area contributed by atoms with Crippen LogP contribution in [0.4, 0.5) is 0 Å². The first-order valence-electron chi connectivity index (χ1n) is 10.5. The summed E-state index contributed by atoms with van der Waals surface area (Å²) in [6.07, 6.45) is 3.65. The summed E-state index contributed by atoms with van der Waals surface area (Å²) in [4.78, 5) is 7.22. The van der Waals surface area contributed by atoms with Crippen LogP contribution in [-0.2, 0) is 6.54 Å². The highest BCUT2D eigenvalue weighted by molar-refractivity contribution is 14.0. The monoisotopic (exact) mass is 502 g/mol. The molecule has 3 N–H and O–H groups in total. The zero-order chi connectivity index (χ0) is 19.7. The Morgan fingerprint density at radius 3 is 2.46 bits per heavy atom. The summed E-state index contributed by atoms with van der Waals surface area (Å²) in [6, 6.07) is 11.7. The second kappa shape index (κ2) is 12.6. The van der Waals surface area contributed by atoms with Crippen LogP contribution in [-0.4, -0.2) is 53.3 Å². The molecular weight excluding hydrogens is 463 g/mol. The number of hydrogen-bond donors (Lipinski definition) is 3. The average molecular weight is 502 g/mol. The second-order valence-corrected chi connectivity index (χ2v) is 7.80. The van der Waals surface area contributed by atoms with Gasteiger partial charge in [-0.05, 0) is 45.1 Å². The van der Waals surface area contributed by atoms with Crippen LogP contribution in [0.3, 0.4) is 0 Å². The fraction of sp³-hybridized carbons (Fsp3) is 0.682. The lowest BCUT2D eigenvalue weighted by atomic mass is 9.97. The van der Waals surface area contributed by atoms with Gasteiger partial charge in [-0.15, -0.1) is 24.0 Å². The van der Waals surface area contributed by atoms with E-state index in [1.807, 2.05) is 13.8 Å². The highest BCUT2D eigenvalue weighted by Gasteiger charge is 2.26. The lowest BCUT2D eigenvalue weighted by Gasteiger charge is -2.38. The van der Waals surface area contributed by atoms with Crippen molar-refractivity contribution in [2.24, 2.45) is 4.99 Å². The maximum atomic E-state index is 10.5. The third kappa shape index (κ3) is 7.87. The predicted molar refractivity (Wildman–Crippen MR) is 129 cm³/mol. The van der Waals surface area contributed by atoms with Crippen LogP contribution in [0.2, 0.25) is 0 Å². The van der Waals surface area contributed by atoms with Gasteiger partial charge in [0.25, 0.3) is 0 Å². The number of rotatable bonds is 8. The van der Waals surface area contributed by atoms with Gasteiger partial charge in [0.05, 0.1) is 12.1 Å². The molecule has 1 saturated heterocycles. The normalized spacial score (nSPS) is 21.1. The van der Waals surface area contributed by atoms with E-state index in [0.717, 1.165) is 51.3 Å². The lowest BCUT2D eigenvalue weighted by Crippen LogP contribution is -2.51. The molecule has 1 aromatic carbocycles. The third-order valence-electron chi connectivity index (χ3n) is 5.78. The Kier molecular flexibility index (Phi) is 11.4. The van der Waals surface area contributed by atoms with E-state index >= 15 is 0 Å². The number of aliphatic hydroxyl groups is 1. The topological polar surface area (TPSA) is 59.9 Å². The van der Waals surface area contributed by atoms with E-state index in [9.17, 15) is 5.11 Å². The largest absolute Gasteiger partial charge is 0.388 e. The maximum absolute atomic E-state index is 10.5. The number of nitrogens with one attached hydrogen (secondary N) is 2. The van der Waals surface area contributed by atoms with E-state index in [-0.39, 0.29) is 24.0 Å². The van der Waals surface area contributed by atoms with Crippen molar-refractivity contribution >= 4 is 29.9 Å². The van der Waals surface area contributed by atoms with Gasteiger partial charge < -0.3 is 15.7 Å². The van der Waals surface area contributed by atoms with Crippen molar-refractivity contribution in [2.45, 2.75) is 77.6 Å². The van der Waals surface area contributed by atoms with Crippen LogP contribution in [0.15, 0.2) is 35.3 Å². The van der Waals surface area contributed by atoms with Gasteiger partial charge in [-0.25, -0.2) is 0 Å². The van der Waals surface area contributed by atoms with Gasteiger partial charge in [0.2, 0.25) is 0 Å². The molecule has 160 valence electrons. The van der Waals surface area contributed by atoms with Gasteiger partial charge in [-0.1, -0.05) is 44.2 Å². The van der Waals surface area contributed by atoms with Crippen LogP contribution in [0.5, 0.6) is 0 Å². The molecule has 0 aliphatic carbocycles. The molecule has 5 nitrogen and oxygen atoms in total. The van der Waals surface area contributed by atoms with Crippen LogP contribution in [0.25, 0.3) is 0 Å². The van der Waals surface area contributed by atoms with Gasteiger partial charge in [0.1, 0.15) is 0 Å². The number of guanidine groups is 1. The molecule has 1 aromatic rings. The first-order valence-corrected chi connectivity index (χ1v) is 10.5. The molecule has 0 amide bonds. The van der Waals surface area contributed by atoms with Crippen molar-refractivity contribution in [3.63, 3.8) is 0 Å². The zero-order valence-electron chi connectivity index (χ0n) is 17.9. The second-order valence-electron chi connectivity index (χ2n) is 7.80. The average Bonchev–Trinajstić information content (AvgIpc) is 2.69. The van der Waals surface area contributed by atoms with Crippen molar-refractivity contribution in [1.29, 1.82) is 0 Å². The minimum Gasteiger partial charge on any atom is -0.388 e. The molecule has 2 unspecified atom stereocenters. The molecule has 1 heterocycles. The number of aliphatic imine (C=N–C) groups is 1. The third-order valence-corrected chi connectivity index (χ3v) is 5.78. The van der Waals surface area contributed by atoms with Gasteiger partial charge in [-0.3, -0.25) is 9.89 Å². The predicted octanol–water partition coefficient (Wildman–Crippen LogP) is 3.76. The number of halogens is 1. The molecule has 1 fully saturated rings. The molecule has 0 saturated carbocycles. The van der Waals surface area contributed by atoms with Crippen LogP contribution in [0, 0.1) is 0 Å². The zero-order valence-corrected chi connectivity index (χ0v) is 20.3. The summed E-state index contributed by atoms with van der Waals surface area (Å²) in [5, 5.41) is 17.4. The smallest absolute Gasteiger partial charge is 0.191 e. The van der Waals surface area contributed by atoms with E-state index in [0.29, 0.717) is 18.6 Å². The van der Waals surface area contributed by atoms with Gasteiger partial charge >= 0.3 is 0 Å². The Labute approximate surface area is 188 Å². The molecule has 0 radical (unpaired) electrons. The summed E-state index contributed by atoms with van der Waals surface area (Å²) in [7, 11) is 0. The van der Waals surface area contributed by atoms with Crippen LogP contribution in [0.1, 0.15) is 58.9 Å².